The maximum atomic E-state index is 13.7. The van der Waals surface area contributed by atoms with Crippen molar-refractivity contribution in [1.29, 1.82) is 0 Å². The van der Waals surface area contributed by atoms with Crippen molar-refractivity contribution >= 4 is 5.82 Å². The summed E-state index contributed by atoms with van der Waals surface area (Å²) in [6, 6.07) is 0. The molecule has 0 spiro atoms. The Balaban J connectivity index is 2.34. The van der Waals surface area contributed by atoms with E-state index in [-0.39, 0.29) is 5.82 Å². The van der Waals surface area contributed by atoms with Crippen molar-refractivity contribution in [2.45, 2.75) is 19.3 Å². The molecule has 1 aliphatic rings. The van der Waals surface area contributed by atoms with Gasteiger partial charge in [0.1, 0.15) is 11.5 Å². The van der Waals surface area contributed by atoms with Crippen molar-refractivity contribution in [3.05, 3.63) is 40.3 Å². The number of nitrogens with zero attached hydrogens (tertiary/aromatic N) is 2. The van der Waals surface area contributed by atoms with Gasteiger partial charge in [-0.15, -0.1) is 5.10 Å². The Morgan fingerprint density at radius 3 is 2.00 bits per heavy atom. The van der Waals surface area contributed by atoms with Crippen LogP contribution in [0.25, 0.3) is 5.69 Å². The number of nitrogen functional groups attached to an aromatic ring is 1. The minimum Gasteiger partial charge on any atom is -0.382 e. The molecule has 0 bridgehead atoms. The Hall–Kier alpha value is -2.12. The molecule has 0 amide bonds. The van der Waals surface area contributed by atoms with Crippen molar-refractivity contribution in [3.63, 3.8) is 0 Å². The Morgan fingerprint density at radius 2 is 1.40 bits per heavy atom. The number of halogens is 5. The molecule has 0 fully saturated rings. The van der Waals surface area contributed by atoms with Gasteiger partial charge in [-0.25, -0.2) is 26.6 Å². The minimum atomic E-state index is -2.19. The van der Waals surface area contributed by atoms with Crippen LogP contribution in [0.4, 0.5) is 27.8 Å². The molecule has 20 heavy (non-hydrogen) atoms. The van der Waals surface area contributed by atoms with Crippen molar-refractivity contribution in [1.82, 2.24) is 9.78 Å². The maximum Gasteiger partial charge on any atom is 0.200 e. The first-order valence-corrected chi connectivity index (χ1v) is 5.81. The van der Waals surface area contributed by atoms with E-state index >= 15 is 0 Å². The maximum absolute atomic E-state index is 13.7. The van der Waals surface area contributed by atoms with Crippen LogP contribution < -0.4 is 5.73 Å². The Labute approximate surface area is 109 Å². The number of benzene rings is 1. The molecule has 1 aromatic carbocycles. The van der Waals surface area contributed by atoms with Gasteiger partial charge in [-0.2, -0.15) is 0 Å². The predicted molar refractivity (Wildman–Crippen MR) is 59.8 cm³/mol. The second kappa shape index (κ2) is 4.19. The highest BCUT2D eigenvalue weighted by molar-refractivity contribution is 5.50. The Morgan fingerprint density at radius 1 is 0.850 bits per heavy atom. The highest BCUT2D eigenvalue weighted by Gasteiger charge is 2.31. The molecule has 106 valence electrons. The van der Waals surface area contributed by atoms with E-state index in [2.05, 4.69) is 5.10 Å². The number of hydrogen-bond donors (Lipinski definition) is 1. The van der Waals surface area contributed by atoms with Crippen molar-refractivity contribution in [2.24, 2.45) is 0 Å². The van der Waals surface area contributed by atoms with Gasteiger partial charge in [0.25, 0.3) is 0 Å². The summed E-state index contributed by atoms with van der Waals surface area (Å²) in [5.74, 6) is -9.99. The number of aromatic nitrogens is 2. The smallest absolute Gasteiger partial charge is 0.200 e. The van der Waals surface area contributed by atoms with Gasteiger partial charge in [0.15, 0.2) is 23.3 Å². The van der Waals surface area contributed by atoms with Crippen LogP contribution in [0.1, 0.15) is 17.7 Å². The molecule has 0 unspecified atom stereocenters. The molecule has 3 rings (SSSR count). The Kier molecular flexibility index (Phi) is 2.70. The average Bonchev–Trinajstić information content (AvgIpc) is 3.00. The fourth-order valence-electron chi connectivity index (χ4n) is 2.43. The molecule has 1 aliphatic carbocycles. The number of fused-ring (bicyclic) bond motifs is 1. The average molecular weight is 289 g/mol. The first-order valence-electron chi connectivity index (χ1n) is 5.81. The number of hydrogen-bond acceptors (Lipinski definition) is 2. The molecule has 2 aromatic rings. The van der Waals surface area contributed by atoms with Crippen LogP contribution in [-0.4, -0.2) is 9.78 Å². The lowest BCUT2D eigenvalue weighted by atomic mass is 10.2. The van der Waals surface area contributed by atoms with Crippen molar-refractivity contribution in [2.75, 3.05) is 5.73 Å². The SMILES string of the molecule is Nc1nn(-c2c(F)c(F)c(F)c(F)c2F)c2c1CCC2. The van der Waals surface area contributed by atoms with Gasteiger partial charge in [0.2, 0.25) is 5.82 Å². The third-order valence-corrected chi connectivity index (χ3v) is 3.36. The number of rotatable bonds is 1. The molecule has 0 saturated heterocycles. The van der Waals surface area contributed by atoms with Crippen molar-refractivity contribution < 1.29 is 22.0 Å². The van der Waals surface area contributed by atoms with Gasteiger partial charge in [-0.05, 0) is 19.3 Å². The van der Waals surface area contributed by atoms with Crippen LogP contribution in [0.3, 0.4) is 0 Å². The molecule has 3 nitrogen and oxygen atoms in total. The number of nitrogens with two attached hydrogens (primary N) is 1. The molecule has 0 atom stereocenters. The molecule has 0 saturated carbocycles. The van der Waals surface area contributed by atoms with E-state index in [1.807, 2.05) is 0 Å². The zero-order valence-corrected chi connectivity index (χ0v) is 9.98. The van der Waals surface area contributed by atoms with E-state index in [9.17, 15) is 22.0 Å². The minimum absolute atomic E-state index is 0.0430. The summed E-state index contributed by atoms with van der Waals surface area (Å²) in [6.07, 6.45) is 1.67. The van der Waals surface area contributed by atoms with Crippen LogP contribution in [-0.2, 0) is 12.8 Å². The third kappa shape index (κ3) is 1.53. The second-order valence-electron chi connectivity index (χ2n) is 4.49. The second-order valence-corrected chi connectivity index (χ2v) is 4.49. The monoisotopic (exact) mass is 289 g/mol. The van der Waals surface area contributed by atoms with Crippen molar-refractivity contribution in [3.8, 4) is 5.69 Å². The van der Waals surface area contributed by atoms with Gasteiger partial charge in [0.05, 0.1) is 0 Å². The van der Waals surface area contributed by atoms with E-state index in [0.717, 1.165) is 0 Å². The largest absolute Gasteiger partial charge is 0.382 e. The number of anilines is 1. The summed E-state index contributed by atoms with van der Waals surface area (Å²) >= 11 is 0. The zero-order valence-electron chi connectivity index (χ0n) is 9.98. The third-order valence-electron chi connectivity index (χ3n) is 3.36. The first-order chi connectivity index (χ1) is 9.43. The van der Waals surface area contributed by atoms with E-state index in [1.165, 1.54) is 0 Å². The zero-order chi connectivity index (χ0) is 14.6. The quantitative estimate of drug-likeness (QED) is 0.498. The summed E-state index contributed by atoms with van der Waals surface area (Å²) in [6.45, 7) is 0. The molecule has 0 radical (unpaired) electrons. The van der Waals surface area contributed by atoms with E-state index in [1.54, 1.807) is 0 Å². The summed E-state index contributed by atoms with van der Waals surface area (Å²) in [4.78, 5) is 0. The lowest BCUT2D eigenvalue weighted by Gasteiger charge is -2.10. The van der Waals surface area contributed by atoms with E-state index < -0.39 is 34.8 Å². The highest BCUT2D eigenvalue weighted by Crippen LogP contribution is 2.32. The van der Waals surface area contributed by atoms with Gasteiger partial charge in [-0.1, -0.05) is 0 Å². The fourth-order valence-corrected chi connectivity index (χ4v) is 2.43. The molecule has 1 aromatic heterocycles. The van der Waals surface area contributed by atoms with Gasteiger partial charge >= 0.3 is 0 Å². The summed E-state index contributed by atoms with van der Waals surface area (Å²) in [5, 5.41) is 3.69. The molecule has 0 aliphatic heterocycles. The van der Waals surface area contributed by atoms with Crippen LogP contribution in [0.2, 0.25) is 0 Å². The topological polar surface area (TPSA) is 43.8 Å². The van der Waals surface area contributed by atoms with Crippen LogP contribution >= 0.6 is 0 Å². The van der Waals surface area contributed by atoms with Gasteiger partial charge in [0, 0.05) is 11.3 Å². The van der Waals surface area contributed by atoms with Crippen LogP contribution in [0, 0.1) is 29.1 Å². The van der Waals surface area contributed by atoms with Crippen LogP contribution in [0.15, 0.2) is 0 Å². The van der Waals surface area contributed by atoms with E-state index in [4.69, 9.17) is 5.73 Å². The lowest BCUT2D eigenvalue weighted by Crippen LogP contribution is -2.12. The Bertz CT molecular complexity index is 694. The lowest BCUT2D eigenvalue weighted by molar-refractivity contribution is 0.373. The molecular formula is C12H8F5N3. The fraction of sp³-hybridized carbons (Fsp3) is 0.250. The summed E-state index contributed by atoms with van der Waals surface area (Å²) in [5.41, 5.74) is 5.48. The van der Waals surface area contributed by atoms with Gasteiger partial charge < -0.3 is 5.73 Å². The summed E-state index contributed by atoms with van der Waals surface area (Å²) < 4.78 is 67.6. The standard InChI is InChI=1S/C12H8F5N3/c13-6-7(14)9(16)11(10(17)8(6)15)20-5-3-1-2-4(5)12(18)19-20/h1-3H2,(H2,18,19). The molecule has 8 heteroatoms. The van der Waals surface area contributed by atoms with Crippen LogP contribution in [0.5, 0.6) is 0 Å². The first kappa shape index (κ1) is 12.9. The normalized spacial score (nSPS) is 13.8. The molecular weight excluding hydrogens is 281 g/mol. The van der Waals surface area contributed by atoms with Gasteiger partial charge in [-0.3, -0.25) is 0 Å². The predicted octanol–water partition coefficient (Wildman–Crippen LogP) is 2.64. The summed E-state index contributed by atoms with van der Waals surface area (Å²) in [7, 11) is 0. The highest BCUT2D eigenvalue weighted by atomic mass is 19.2. The molecule has 2 N–H and O–H groups in total. The molecule has 1 heterocycles. The van der Waals surface area contributed by atoms with E-state index in [0.29, 0.717) is 35.2 Å².